The van der Waals surface area contributed by atoms with E-state index in [1.54, 1.807) is 42.6 Å². The van der Waals surface area contributed by atoms with Crippen LogP contribution in [0.5, 0.6) is 5.75 Å². The second-order valence-corrected chi connectivity index (χ2v) is 10.7. The summed E-state index contributed by atoms with van der Waals surface area (Å²) >= 11 is 1.52. The van der Waals surface area contributed by atoms with Gasteiger partial charge in [0.2, 0.25) is 0 Å². The van der Waals surface area contributed by atoms with Crippen molar-refractivity contribution in [2.24, 2.45) is 0 Å². The van der Waals surface area contributed by atoms with E-state index in [9.17, 15) is 19.5 Å². The maximum absolute atomic E-state index is 13.9. The lowest BCUT2D eigenvalue weighted by Crippen LogP contribution is -2.26. The molecule has 6 N–H and O–H groups in total. The van der Waals surface area contributed by atoms with E-state index in [1.165, 1.54) is 23.5 Å². The van der Waals surface area contributed by atoms with E-state index in [2.05, 4.69) is 20.6 Å². The van der Waals surface area contributed by atoms with Crippen molar-refractivity contribution in [1.29, 1.82) is 0 Å². The number of carbonyl (C=O) groups excluding carboxylic acids is 2. The van der Waals surface area contributed by atoms with Crippen molar-refractivity contribution < 1.29 is 29.3 Å². The predicted molar refractivity (Wildman–Crippen MR) is 162 cm³/mol. The highest BCUT2D eigenvalue weighted by Gasteiger charge is 2.27. The van der Waals surface area contributed by atoms with E-state index >= 15 is 0 Å². The summed E-state index contributed by atoms with van der Waals surface area (Å²) in [6.45, 7) is 0.439. The van der Waals surface area contributed by atoms with E-state index in [-0.39, 0.29) is 35.5 Å². The number of aromatic nitrogens is 2. The summed E-state index contributed by atoms with van der Waals surface area (Å²) in [6.07, 6.45) is 1.93. The molecule has 0 aliphatic carbocycles. The van der Waals surface area contributed by atoms with Crippen LogP contribution in [-0.4, -0.2) is 51.1 Å². The predicted octanol–water partition coefficient (Wildman–Crippen LogP) is 4.56. The fraction of sp³-hybridized carbons (Fsp3) is 0.129. The molecule has 0 saturated carbocycles. The number of nitrogens with one attached hydrogen (secondary N) is 2. The zero-order valence-electron chi connectivity index (χ0n) is 22.6. The number of pyridine rings is 2. The van der Waals surface area contributed by atoms with E-state index in [0.29, 0.717) is 35.8 Å². The molecule has 0 fully saturated rings. The Hall–Kier alpha value is -5.33. The fourth-order valence-corrected chi connectivity index (χ4v) is 5.88. The van der Waals surface area contributed by atoms with Gasteiger partial charge < -0.3 is 31.3 Å². The maximum atomic E-state index is 13.9. The first-order valence-corrected chi connectivity index (χ1v) is 14.2. The number of hydrogen-bond acceptors (Lipinski definition) is 9. The number of amides is 2. The normalized spacial score (nSPS) is 11.7. The minimum Gasteiger partial charge on any atom is -0.488 e. The molecule has 0 atom stereocenters. The van der Waals surface area contributed by atoms with Crippen LogP contribution in [0.1, 0.15) is 43.3 Å². The summed E-state index contributed by atoms with van der Waals surface area (Å²) in [7, 11) is 0. The number of aliphatic hydroxyl groups excluding tert-OH is 1. The molecular formula is C31H25N5O6S. The second-order valence-electron chi connectivity index (χ2n) is 9.77. The lowest BCUT2D eigenvalue weighted by molar-refractivity contribution is 0.0691. The molecule has 0 saturated heterocycles. The van der Waals surface area contributed by atoms with E-state index in [4.69, 9.17) is 15.6 Å². The Kier molecular flexibility index (Phi) is 7.45. The van der Waals surface area contributed by atoms with Crippen LogP contribution in [-0.2, 0) is 6.61 Å². The highest BCUT2D eigenvalue weighted by Crippen LogP contribution is 2.44. The number of benzene rings is 2. The number of aromatic carboxylic acids is 1. The van der Waals surface area contributed by atoms with Crippen molar-refractivity contribution in [2.45, 2.75) is 13.0 Å². The Morgan fingerprint density at radius 1 is 1.00 bits per heavy atom. The van der Waals surface area contributed by atoms with Gasteiger partial charge in [0.05, 0.1) is 0 Å². The number of carboxylic acids is 1. The van der Waals surface area contributed by atoms with Gasteiger partial charge in [0.25, 0.3) is 11.8 Å². The maximum Gasteiger partial charge on any atom is 0.355 e. The average Bonchev–Trinajstić information content (AvgIpc) is 3.50. The van der Waals surface area contributed by atoms with Gasteiger partial charge in [0, 0.05) is 63.1 Å². The van der Waals surface area contributed by atoms with Crippen molar-refractivity contribution >= 4 is 51.4 Å². The smallest absolute Gasteiger partial charge is 0.355 e. The van der Waals surface area contributed by atoms with Gasteiger partial charge in [-0.1, -0.05) is 0 Å². The molecular weight excluding hydrogens is 570 g/mol. The van der Waals surface area contributed by atoms with Crippen molar-refractivity contribution in [3.8, 4) is 27.3 Å². The third-order valence-electron chi connectivity index (χ3n) is 7.03. The van der Waals surface area contributed by atoms with Crippen molar-refractivity contribution in [2.75, 3.05) is 24.2 Å². The quantitative estimate of drug-likeness (QED) is 0.161. The van der Waals surface area contributed by atoms with Gasteiger partial charge in [0.15, 0.2) is 5.69 Å². The molecule has 2 amide bonds. The first-order chi connectivity index (χ1) is 20.8. The summed E-state index contributed by atoms with van der Waals surface area (Å²) in [5, 5.41) is 28.1. The lowest BCUT2D eigenvalue weighted by Gasteiger charge is -2.21. The summed E-state index contributed by atoms with van der Waals surface area (Å²) in [6, 6.07) is 15.2. The molecule has 43 heavy (non-hydrogen) atoms. The monoisotopic (exact) mass is 595 g/mol. The highest BCUT2D eigenvalue weighted by molar-refractivity contribution is 7.13. The van der Waals surface area contributed by atoms with E-state index < -0.39 is 23.5 Å². The number of ether oxygens (including phenoxy) is 1. The Morgan fingerprint density at radius 2 is 1.86 bits per heavy atom. The molecule has 0 bridgehead atoms. The molecule has 3 aromatic heterocycles. The van der Waals surface area contributed by atoms with E-state index in [1.807, 2.05) is 11.4 Å². The largest absolute Gasteiger partial charge is 0.488 e. The summed E-state index contributed by atoms with van der Waals surface area (Å²) in [5.74, 6) is -1.56. The molecule has 216 valence electrons. The first kappa shape index (κ1) is 27.8. The topological polar surface area (TPSA) is 177 Å². The number of fused-ring (bicyclic) bond motifs is 4. The highest BCUT2D eigenvalue weighted by atomic mass is 32.1. The van der Waals surface area contributed by atoms with Gasteiger partial charge in [-0.2, -0.15) is 0 Å². The Bertz CT molecular complexity index is 1920. The minimum absolute atomic E-state index is 0.101. The molecule has 2 aromatic carbocycles. The Morgan fingerprint density at radius 3 is 2.67 bits per heavy atom. The first-order valence-electron chi connectivity index (χ1n) is 13.3. The summed E-state index contributed by atoms with van der Waals surface area (Å²) in [5.41, 5.74) is 8.30. The number of nitrogens with zero attached hydrogens (tertiary/aromatic N) is 2. The summed E-state index contributed by atoms with van der Waals surface area (Å²) < 4.78 is 6.00. The Balaban J connectivity index is 1.45. The van der Waals surface area contributed by atoms with Crippen LogP contribution in [0.2, 0.25) is 0 Å². The molecule has 1 aliphatic rings. The van der Waals surface area contributed by atoms with Crippen LogP contribution in [0.4, 0.5) is 11.5 Å². The van der Waals surface area contributed by atoms with Crippen molar-refractivity contribution in [3.05, 3.63) is 88.7 Å². The molecule has 1 aliphatic heterocycles. The molecule has 6 rings (SSSR count). The lowest BCUT2D eigenvalue weighted by atomic mass is 9.92. The number of hydrogen-bond donors (Lipinski definition) is 5. The number of carboxylic acid groups (broad SMARTS) is 1. The fourth-order valence-electron chi connectivity index (χ4n) is 4.94. The molecule has 4 heterocycles. The Labute approximate surface area is 249 Å². The number of rotatable bonds is 8. The molecule has 12 heteroatoms. The SMILES string of the molecule is Nc1nccc2cc(NC(=O)c3cc4c(cc3-c3ccc(C(=O)NCCCO)nc3C(=O)O)OCc3ccsc3-4)ccc12. The zero-order chi connectivity index (χ0) is 30.1. The van der Waals surface area contributed by atoms with Gasteiger partial charge >= 0.3 is 5.97 Å². The number of nitrogen functional groups attached to an aromatic ring is 1. The van der Waals surface area contributed by atoms with Crippen LogP contribution in [0, 0.1) is 0 Å². The van der Waals surface area contributed by atoms with Crippen molar-refractivity contribution in [1.82, 2.24) is 15.3 Å². The summed E-state index contributed by atoms with van der Waals surface area (Å²) in [4.78, 5) is 48.1. The number of anilines is 2. The number of aliphatic hydroxyl groups is 1. The second kappa shape index (κ2) is 11.5. The number of nitrogens with two attached hydrogens (primary N) is 1. The van der Waals surface area contributed by atoms with Crippen molar-refractivity contribution in [3.63, 3.8) is 0 Å². The molecule has 5 aromatic rings. The molecule has 11 nitrogen and oxygen atoms in total. The minimum atomic E-state index is -1.37. The van der Waals surface area contributed by atoms with Gasteiger partial charge in [-0.3, -0.25) is 9.59 Å². The number of carbonyl (C=O) groups is 3. The van der Waals surface area contributed by atoms with Gasteiger partial charge in [-0.25, -0.2) is 14.8 Å². The van der Waals surface area contributed by atoms with Gasteiger partial charge in [0.1, 0.15) is 23.9 Å². The van der Waals surface area contributed by atoms with Gasteiger partial charge in [-0.15, -0.1) is 11.3 Å². The third-order valence-corrected chi connectivity index (χ3v) is 8.02. The van der Waals surface area contributed by atoms with Crippen LogP contribution < -0.4 is 21.1 Å². The number of thiophene rings is 1. The van der Waals surface area contributed by atoms with E-state index in [0.717, 1.165) is 21.2 Å². The zero-order valence-corrected chi connectivity index (χ0v) is 23.4. The van der Waals surface area contributed by atoms with Gasteiger partial charge in [-0.05, 0) is 71.8 Å². The van der Waals surface area contributed by atoms with Crippen LogP contribution in [0.3, 0.4) is 0 Å². The molecule has 0 radical (unpaired) electrons. The van der Waals surface area contributed by atoms with Crippen LogP contribution in [0.15, 0.2) is 66.2 Å². The van der Waals surface area contributed by atoms with Crippen LogP contribution >= 0.6 is 11.3 Å². The van der Waals surface area contributed by atoms with Crippen LogP contribution in [0.25, 0.3) is 32.3 Å². The third kappa shape index (κ3) is 5.36. The average molecular weight is 596 g/mol. The molecule has 0 spiro atoms. The molecule has 0 unspecified atom stereocenters. The standard InChI is InChI=1S/C31H25N5O6S/c32-28-19-3-2-18(12-16(19)6-9-33-28)35-29(38)22-13-23-25(42-15-17-7-11-43-27(17)23)14-21(22)20-4-5-24(36-26(20)31(40)41)30(39)34-8-1-10-37/h2-7,9,11-14,37H,1,8,10,15H2,(H2,32,33)(H,34,39)(H,35,38)(H,40,41).